The molecule has 1 aromatic carbocycles. The first-order valence-corrected chi connectivity index (χ1v) is 14.0. The standard InChI is InChI=1S/C31H39NO6/c1-17-15-30-13-12-22-24(29(22,2)3)21(26(30)35)14-19(16-33)25(34)31(30,37)27(17)38-28(36)32(4)23-11-7-9-18-8-5-6-10-20(18)23/h5-6,8,10,14-15,21-25,27,33-34,37H,7,9,11-13,16H2,1-4H3. The minimum absolute atomic E-state index is 0.0192. The number of ketones is 1. The summed E-state index contributed by atoms with van der Waals surface area (Å²) in [6, 6.07) is 7.94. The zero-order valence-corrected chi connectivity index (χ0v) is 22.7. The SMILES string of the molecule is CC1=CC23CCC4C(C(C=C(CO)C(O)C2(O)C1OC(=O)N(C)C1CCCc2ccccc21)C3=O)C4(C)C. The van der Waals surface area contributed by atoms with Gasteiger partial charge >= 0.3 is 6.09 Å². The molecule has 38 heavy (non-hydrogen) atoms. The van der Waals surface area contributed by atoms with Crippen LogP contribution in [0.15, 0.2) is 47.6 Å². The van der Waals surface area contributed by atoms with Crippen molar-refractivity contribution in [3.05, 3.63) is 58.7 Å². The number of ether oxygens (including phenoxy) is 1. The smallest absolute Gasteiger partial charge is 0.410 e. The van der Waals surface area contributed by atoms with Gasteiger partial charge in [-0.05, 0) is 78.6 Å². The number of carbonyl (C=O) groups excluding carboxylic acids is 2. The second-order valence-electron chi connectivity index (χ2n) is 12.9. The van der Waals surface area contributed by atoms with Gasteiger partial charge in [-0.15, -0.1) is 0 Å². The van der Waals surface area contributed by atoms with Gasteiger partial charge in [-0.1, -0.05) is 50.3 Å². The van der Waals surface area contributed by atoms with Gasteiger partial charge < -0.3 is 25.0 Å². The van der Waals surface area contributed by atoms with Gasteiger partial charge in [0.25, 0.3) is 0 Å². The number of allylic oxidation sites excluding steroid dienone is 1. The first-order chi connectivity index (χ1) is 18.0. The normalized spacial score (nSPS) is 40.4. The van der Waals surface area contributed by atoms with Crippen LogP contribution in [0.3, 0.4) is 0 Å². The lowest BCUT2D eigenvalue weighted by Gasteiger charge is -2.46. The van der Waals surface area contributed by atoms with E-state index in [0.29, 0.717) is 17.9 Å². The number of hydrogen-bond acceptors (Lipinski definition) is 6. The number of aryl methyl sites for hydroxylation is 1. The zero-order valence-electron chi connectivity index (χ0n) is 22.7. The molecule has 1 amide bonds. The van der Waals surface area contributed by atoms with Crippen molar-refractivity contribution in [3.63, 3.8) is 0 Å². The topological polar surface area (TPSA) is 107 Å². The average molecular weight is 522 g/mol. The van der Waals surface area contributed by atoms with Crippen molar-refractivity contribution in [3.8, 4) is 0 Å². The second kappa shape index (κ2) is 8.51. The molecule has 5 aliphatic carbocycles. The minimum atomic E-state index is -2.10. The molecule has 7 nitrogen and oxygen atoms in total. The fourth-order valence-electron chi connectivity index (χ4n) is 8.65. The van der Waals surface area contributed by atoms with Crippen LogP contribution in [-0.4, -0.2) is 63.6 Å². The van der Waals surface area contributed by atoms with Gasteiger partial charge in [-0.3, -0.25) is 4.79 Å². The number of fused-ring (bicyclic) bond motifs is 4. The Hall–Kier alpha value is -2.48. The summed E-state index contributed by atoms with van der Waals surface area (Å²) in [5, 5.41) is 34.3. The highest BCUT2D eigenvalue weighted by atomic mass is 16.6. The molecule has 2 bridgehead atoms. The lowest BCUT2D eigenvalue weighted by Crippen LogP contribution is -2.64. The van der Waals surface area contributed by atoms with Crippen LogP contribution in [0.5, 0.6) is 0 Å². The molecule has 3 N–H and O–H groups in total. The molecule has 0 aliphatic heterocycles. The third-order valence-electron chi connectivity index (χ3n) is 10.8. The van der Waals surface area contributed by atoms with E-state index in [1.54, 1.807) is 31.0 Å². The first-order valence-electron chi connectivity index (χ1n) is 14.0. The highest BCUT2D eigenvalue weighted by Crippen LogP contribution is 2.70. The fraction of sp³-hybridized carbons (Fsp3) is 0.613. The lowest BCUT2D eigenvalue weighted by molar-refractivity contribution is -0.182. The van der Waals surface area contributed by atoms with E-state index in [-0.39, 0.29) is 28.7 Å². The van der Waals surface area contributed by atoms with Gasteiger partial charge in [0.05, 0.1) is 18.1 Å². The van der Waals surface area contributed by atoms with Crippen molar-refractivity contribution in [2.75, 3.05) is 13.7 Å². The van der Waals surface area contributed by atoms with Gasteiger partial charge in [0.15, 0.2) is 17.5 Å². The van der Waals surface area contributed by atoms with Crippen LogP contribution in [0.25, 0.3) is 0 Å². The predicted octanol–water partition coefficient (Wildman–Crippen LogP) is 3.72. The molecule has 0 saturated heterocycles. The maximum Gasteiger partial charge on any atom is 0.410 e. The van der Waals surface area contributed by atoms with Crippen molar-refractivity contribution in [2.45, 2.75) is 76.7 Å². The van der Waals surface area contributed by atoms with E-state index >= 15 is 0 Å². The van der Waals surface area contributed by atoms with E-state index in [9.17, 15) is 24.9 Å². The number of nitrogens with zero attached hydrogens (tertiary/aromatic N) is 1. The molecule has 8 atom stereocenters. The van der Waals surface area contributed by atoms with E-state index in [2.05, 4.69) is 19.9 Å². The predicted molar refractivity (Wildman–Crippen MR) is 141 cm³/mol. The van der Waals surface area contributed by atoms with Crippen molar-refractivity contribution < 1.29 is 29.6 Å². The van der Waals surface area contributed by atoms with Crippen LogP contribution in [-0.2, 0) is 16.0 Å². The quantitative estimate of drug-likeness (QED) is 0.524. The lowest BCUT2D eigenvalue weighted by atomic mass is 9.63. The van der Waals surface area contributed by atoms with Gasteiger partial charge in [0, 0.05) is 13.0 Å². The number of aliphatic hydroxyl groups is 3. The molecular formula is C31H39NO6. The van der Waals surface area contributed by atoms with E-state index < -0.39 is 41.8 Å². The molecule has 0 heterocycles. The molecule has 0 radical (unpaired) electrons. The summed E-state index contributed by atoms with van der Waals surface area (Å²) < 4.78 is 6.05. The fourth-order valence-corrected chi connectivity index (χ4v) is 8.65. The maximum atomic E-state index is 14.3. The van der Waals surface area contributed by atoms with Crippen molar-refractivity contribution in [2.24, 2.45) is 28.6 Å². The molecule has 2 saturated carbocycles. The number of aliphatic hydroxyl groups excluding tert-OH is 2. The third kappa shape index (κ3) is 3.24. The summed E-state index contributed by atoms with van der Waals surface area (Å²) in [5.74, 6) is -0.242. The van der Waals surface area contributed by atoms with Crippen molar-refractivity contribution in [1.82, 2.24) is 4.90 Å². The number of amides is 1. The van der Waals surface area contributed by atoms with E-state index in [1.807, 2.05) is 18.2 Å². The Kier molecular flexibility index (Phi) is 5.77. The van der Waals surface area contributed by atoms with Crippen LogP contribution < -0.4 is 0 Å². The Labute approximate surface area is 224 Å². The summed E-state index contributed by atoms with van der Waals surface area (Å²) >= 11 is 0. The molecule has 0 aromatic heterocycles. The maximum absolute atomic E-state index is 14.3. The zero-order chi connectivity index (χ0) is 27.2. The van der Waals surface area contributed by atoms with Crippen molar-refractivity contribution in [1.29, 1.82) is 0 Å². The molecule has 7 heteroatoms. The molecule has 204 valence electrons. The molecule has 8 unspecified atom stereocenters. The second-order valence-corrected chi connectivity index (χ2v) is 12.9. The van der Waals surface area contributed by atoms with Crippen molar-refractivity contribution >= 4 is 11.9 Å². The average Bonchev–Trinajstić information content (AvgIpc) is 3.43. The minimum Gasteiger partial charge on any atom is -0.438 e. The summed E-state index contributed by atoms with van der Waals surface area (Å²) in [6.45, 7) is 5.59. The monoisotopic (exact) mass is 521 g/mol. The first kappa shape index (κ1) is 25.8. The number of carbonyl (C=O) groups is 2. The molecule has 5 aliphatic rings. The highest BCUT2D eigenvalue weighted by molar-refractivity contribution is 5.95. The number of hydrogen-bond donors (Lipinski definition) is 3. The van der Waals surface area contributed by atoms with Crippen LogP contribution in [0.1, 0.15) is 63.6 Å². The molecular weight excluding hydrogens is 482 g/mol. The summed E-state index contributed by atoms with van der Waals surface area (Å²) in [4.78, 5) is 29.5. The molecule has 1 spiro atoms. The van der Waals surface area contributed by atoms with Crippen LogP contribution in [0.2, 0.25) is 0 Å². The molecule has 6 rings (SSSR count). The van der Waals surface area contributed by atoms with Gasteiger partial charge in [-0.2, -0.15) is 0 Å². The number of benzene rings is 1. The van der Waals surface area contributed by atoms with Gasteiger partial charge in [-0.25, -0.2) is 4.79 Å². The van der Waals surface area contributed by atoms with Gasteiger partial charge in [0.1, 0.15) is 6.10 Å². The van der Waals surface area contributed by atoms with E-state index in [1.165, 1.54) is 5.56 Å². The van der Waals surface area contributed by atoms with Crippen LogP contribution >= 0.6 is 0 Å². The Morgan fingerprint density at radius 3 is 2.68 bits per heavy atom. The Morgan fingerprint density at radius 2 is 1.95 bits per heavy atom. The van der Waals surface area contributed by atoms with Gasteiger partial charge in [0.2, 0.25) is 0 Å². The largest absolute Gasteiger partial charge is 0.438 e. The molecule has 1 aromatic rings. The van der Waals surface area contributed by atoms with Crippen LogP contribution in [0.4, 0.5) is 4.79 Å². The van der Waals surface area contributed by atoms with Crippen LogP contribution in [0, 0.1) is 28.6 Å². The summed E-state index contributed by atoms with van der Waals surface area (Å²) in [6.07, 6.45) is 3.89. The third-order valence-corrected chi connectivity index (χ3v) is 10.8. The summed E-state index contributed by atoms with van der Waals surface area (Å²) in [7, 11) is 1.70. The number of rotatable bonds is 3. The Bertz CT molecular complexity index is 1250. The highest BCUT2D eigenvalue weighted by Gasteiger charge is 2.74. The molecule has 2 fully saturated rings. The van der Waals surface area contributed by atoms with E-state index in [0.717, 1.165) is 31.2 Å². The van der Waals surface area contributed by atoms with E-state index in [4.69, 9.17) is 4.74 Å². The summed E-state index contributed by atoms with van der Waals surface area (Å²) in [5.41, 5.74) is -0.428. The Balaban J connectivity index is 1.35. The number of Topliss-reactive ketones (excluding diaryl/α,β-unsaturated/α-hetero) is 1. The Morgan fingerprint density at radius 1 is 1.21 bits per heavy atom.